The summed E-state index contributed by atoms with van der Waals surface area (Å²) in [4.78, 5) is 0. The first-order valence-electron chi connectivity index (χ1n) is 9.34. The van der Waals surface area contributed by atoms with E-state index in [1.165, 1.54) is 12.1 Å². The van der Waals surface area contributed by atoms with Gasteiger partial charge in [-0.05, 0) is 59.5 Å². The highest BCUT2D eigenvalue weighted by Gasteiger charge is 1.95. The molecule has 0 atom stereocenters. The highest BCUT2D eigenvalue weighted by atomic mass is 19.1. The summed E-state index contributed by atoms with van der Waals surface area (Å²) in [5.41, 5.74) is 4.18. The fourth-order valence-electron chi connectivity index (χ4n) is 2.69. The van der Waals surface area contributed by atoms with Crippen LogP contribution in [0.2, 0.25) is 0 Å². The van der Waals surface area contributed by atoms with E-state index in [9.17, 15) is 4.39 Å². The summed E-state index contributed by atoms with van der Waals surface area (Å²) in [6.45, 7) is 2.63. The van der Waals surface area contributed by atoms with Crippen LogP contribution in [0.1, 0.15) is 23.6 Å². The second kappa shape index (κ2) is 10.1. The molecule has 0 N–H and O–H groups in total. The van der Waals surface area contributed by atoms with E-state index in [0.717, 1.165) is 28.0 Å². The maximum atomic E-state index is 13.2. The van der Waals surface area contributed by atoms with Crippen molar-refractivity contribution in [2.75, 3.05) is 6.61 Å². The van der Waals surface area contributed by atoms with Crippen LogP contribution in [0, 0.1) is 5.82 Å². The van der Waals surface area contributed by atoms with Gasteiger partial charge in [0.25, 0.3) is 0 Å². The topological polar surface area (TPSA) is 9.23 Å². The van der Waals surface area contributed by atoms with E-state index < -0.39 is 0 Å². The Morgan fingerprint density at radius 2 is 1.32 bits per heavy atom. The molecule has 0 radical (unpaired) electrons. The highest BCUT2D eigenvalue weighted by Crippen LogP contribution is 2.17. The normalized spacial score (nSPS) is 12.0. The minimum Gasteiger partial charge on any atom is -0.494 e. The maximum absolute atomic E-state index is 13.2. The number of ether oxygens (including phenoxy) is 1. The lowest BCUT2D eigenvalue weighted by molar-refractivity contribution is 0.340. The molecule has 0 amide bonds. The quantitative estimate of drug-likeness (QED) is 0.405. The highest BCUT2D eigenvalue weighted by molar-refractivity contribution is 5.68. The minimum absolute atomic E-state index is 0.233. The van der Waals surface area contributed by atoms with E-state index in [1.807, 2.05) is 55.5 Å². The van der Waals surface area contributed by atoms with E-state index >= 15 is 0 Å². The Bertz CT molecular complexity index is 950. The monoisotopic (exact) mass is 370 g/mol. The van der Waals surface area contributed by atoms with Crippen molar-refractivity contribution in [1.29, 1.82) is 0 Å². The number of rotatable bonds is 7. The van der Waals surface area contributed by atoms with Gasteiger partial charge in [-0.1, -0.05) is 78.9 Å². The summed E-state index contributed by atoms with van der Waals surface area (Å²) in [7, 11) is 0. The Morgan fingerprint density at radius 3 is 1.93 bits per heavy atom. The molecule has 3 aromatic rings. The zero-order valence-corrected chi connectivity index (χ0v) is 15.9. The van der Waals surface area contributed by atoms with Crippen molar-refractivity contribution in [3.05, 3.63) is 119 Å². The molecule has 2 heteroatoms. The minimum atomic E-state index is -0.233. The van der Waals surface area contributed by atoms with Gasteiger partial charge >= 0.3 is 0 Å². The second-order valence-electron chi connectivity index (χ2n) is 6.28. The van der Waals surface area contributed by atoms with Gasteiger partial charge in [0, 0.05) is 0 Å². The van der Waals surface area contributed by atoms with Gasteiger partial charge in [0.1, 0.15) is 11.6 Å². The lowest BCUT2D eigenvalue weighted by Crippen LogP contribution is -1.90. The van der Waals surface area contributed by atoms with Crippen molar-refractivity contribution < 1.29 is 9.13 Å². The number of halogens is 1. The molecule has 0 bridgehead atoms. The summed E-state index contributed by atoms with van der Waals surface area (Å²) < 4.78 is 18.7. The maximum Gasteiger partial charge on any atom is 0.123 e. The Labute approximate surface area is 166 Å². The van der Waals surface area contributed by atoms with Gasteiger partial charge < -0.3 is 4.74 Å². The van der Waals surface area contributed by atoms with E-state index in [0.29, 0.717) is 6.61 Å². The van der Waals surface area contributed by atoms with E-state index in [1.54, 1.807) is 12.1 Å². The first-order chi connectivity index (χ1) is 13.7. The smallest absolute Gasteiger partial charge is 0.123 e. The average Bonchev–Trinajstić information content (AvgIpc) is 2.73. The third-order valence-corrected chi connectivity index (χ3v) is 4.13. The van der Waals surface area contributed by atoms with Crippen LogP contribution in [0.4, 0.5) is 4.39 Å². The summed E-state index contributed by atoms with van der Waals surface area (Å²) in [6, 6.07) is 24.6. The molecule has 0 saturated heterocycles. The van der Waals surface area contributed by atoms with Crippen molar-refractivity contribution in [1.82, 2.24) is 0 Å². The van der Waals surface area contributed by atoms with Crippen LogP contribution in [0.3, 0.4) is 0 Å². The van der Waals surface area contributed by atoms with Crippen LogP contribution in [0.5, 0.6) is 5.75 Å². The molecule has 0 spiro atoms. The van der Waals surface area contributed by atoms with Crippen molar-refractivity contribution in [3.8, 4) is 5.75 Å². The fraction of sp³-hybridized carbons (Fsp3) is 0.0769. The van der Waals surface area contributed by atoms with Gasteiger partial charge in [-0.3, -0.25) is 0 Å². The van der Waals surface area contributed by atoms with Gasteiger partial charge in [-0.25, -0.2) is 4.39 Å². The third kappa shape index (κ3) is 6.10. The largest absolute Gasteiger partial charge is 0.494 e. The van der Waals surface area contributed by atoms with Crippen molar-refractivity contribution in [2.45, 2.75) is 6.92 Å². The Kier molecular flexibility index (Phi) is 6.97. The predicted octanol–water partition coefficient (Wildman–Crippen LogP) is 7.03. The molecule has 28 heavy (non-hydrogen) atoms. The van der Waals surface area contributed by atoms with Gasteiger partial charge in [-0.15, -0.1) is 0 Å². The summed E-state index contributed by atoms with van der Waals surface area (Å²) in [5, 5.41) is 0. The first kappa shape index (κ1) is 19.4. The van der Waals surface area contributed by atoms with Crippen LogP contribution < -0.4 is 4.74 Å². The molecule has 0 unspecified atom stereocenters. The molecule has 1 nitrogen and oxygen atoms in total. The third-order valence-electron chi connectivity index (χ3n) is 4.13. The molecule has 0 aromatic heterocycles. The van der Waals surface area contributed by atoms with Crippen LogP contribution in [-0.2, 0) is 0 Å². The van der Waals surface area contributed by atoms with Crippen LogP contribution >= 0.6 is 0 Å². The standard InChI is InChI=1S/C26H23FO/c1-2-28-26-18-14-22(15-19-26)9-11-23(10-8-21-6-4-3-5-7-21)20-24-12-16-25(27)17-13-24/h3-20H,2H2,1H3/b10-8+,11-9+,23-20+. The molecular formula is C26H23FO. The number of allylic oxidation sites excluding steroid dienone is 3. The summed E-state index contributed by atoms with van der Waals surface area (Å²) in [5.74, 6) is 0.633. The Hall–Kier alpha value is -3.39. The fourth-order valence-corrected chi connectivity index (χ4v) is 2.69. The zero-order chi connectivity index (χ0) is 19.6. The van der Waals surface area contributed by atoms with Gasteiger partial charge in [0.05, 0.1) is 6.61 Å². The first-order valence-corrected chi connectivity index (χ1v) is 9.34. The molecular weight excluding hydrogens is 347 g/mol. The average molecular weight is 370 g/mol. The van der Waals surface area contributed by atoms with E-state index in [2.05, 4.69) is 36.4 Å². The molecule has 0 aliphatic carbocycles. The van der Waals surface area contributed by atoms with Crippen molar-refractivity contribution >= 4 is 18.2 Å². The molecule has 0 heterocycles. The lowest BCUT2D eigenvalue weighted by Gasteiger charge is -2.02. The number of hydrogen-bond donors (Lipinski definition) is 0. The van der Waals surface area contributed by atoms with Gasteiger partial charge in [0.2, 0.25) is 0 Å². The van der Waals surface area contributed by atoms with Gasteiger partial charge in [0.15, 0.2) is 0 Å². The summed E-state index contributed by atoms with van der Waals surface area (Å²) >= 11 is 0. The van der Waals surface area contributed by atoms with Gasteiger partial charge in [-0.2, -0.15) is 0 Å². The van der Waals surface area contributed by atoms with Crippen molar-refractivity contribution in [2.24, 2.45) is 0 Å². The Morgan fingerprint density at radius 1 is 0.750 bits per heavy atom. The number of hydrogen-bond acceptors (Lipinski definition) is 1. The molecule has 0 aliphatic heterocycles. The van der Waals surface area contributed by atoms with Crippen molar-refractivity contribution in [3.63, 3.8) is 0 Å². The SMILES string of the molecule is CCOc1ccc(/C=C/C(/C=C/c2ccccc2)=C/c2ccc(F)cc2)cc1. The summed E-state index contributed by atoms with van der Waals surface area (Å²) in [6.07, 6.45) is 10.3. The van der Waals surface area contributed by atoms with E-state index in [4.69, 9.17) is 4.74 Å². The molecule has 140 valence electrons. The lowest BCUT2D eigenvalue weighted by atomic mass is 10.1. The molecule has 0 fully saturated rings. The molecule has 0 aliphatic rings. The molecule has 0 saturated carbocycles. The molecule has 3 aromatic carbocycles. The Balaban J connectivity index is 1.84. The second-order valence-corrected chi connectivity index (χ2v) is 6.28. The van der Waals surface area contributed by atoms with Crippen LogP contribution in [-0.4, -0.2) is 6.61 Å². The van der Waals surface area contributed by atoms with E-state index in [-0.39, 0.29) is 5.82 Å². The molecule has 3 rings (SSSR count). The van der Waals surface area contributed by atoms with Crippen LogP contribution in [0.25, 0.3) is 18.2 Å². The predicted molar refractivity (Wildman–Crippen MR) is 116 cm³/mol. The zero-order valence-electron chi connectivity index (χ0n) is 15.9. The van der Waals surface area contributed by atoms with Crippen LogP contribution in [0.15, 0.2) is 96.6 Å². The number of benzene rings is 3.